The van der Waals surface area contributed by atoms with Gasteiger partial charge in [-0.1, -0.05) is 11.6 Å². The molecule has 5 nitrogen and oxygen atoms in total. The molecular formula is C17H23ClN2O3. The van der Waals surface area contributed by atoms with E-state index >= 15 is 0 Å². The summed E-state index contributed by atoms with van der Waals surface area (Å²) in [5.41, 5.74) is 0.878. The molecule has 0 aliphatic carbocycles. The number of nitrogens with zero attached hydrogens (tertiary/aromatic N) is 2. The van der Waals surface area contributed by atoms with E-state index in [1.807, 2.05) is 21.9 Å². The zero-order valence-electron chi connectivity index (χ0n) is 13.4. The number of anilines is 1. The van der Waals surface area contributed by atoms with Crippen LogP contribution < -0.4 is 9.64 Å². The second-order valence-electron chi connectivity index (χ2n) is 6.35. The van der Waals surface area contributed by atoms with Gasteiger partial charge in [-0.05, 0) is 44.4 Å². The summed E-state index contributed by atoms with van der Waals surface area (Å²) in [6.45, 7) is 4.13. The molecule has 0 unspecified atom stereocenters. The fourth-order valence-electron chi connectivity index (χ4n) is 3.47. The van der Waals surface area contributed by atoms with Gasteiger partial charge in [-0.25, -0.2) is 0 Å². The molecule has 1 amide bonds. The van der Waals surface area contributed by atoms with Gasteiger partial charge >= 0.3 is 0 Å². The smallest absolute Gasteiger partial charge is 0.242 e. The Bertz CT molecular complexity index is 579. The van der Waals surface area contributed by atoms with E-state index in [0.717, 1.165) is 30.8 Å². The third kappa shape index (κ3) is 3.72. The van der Waals surface area contributed by atoms with Crippen molar-refractivity contribution in [2.45, 2.75) is 38.3 Å². The highest BCUT2D eigenvalue weighted by atomic mass is 35.5. The Morgan fingerprint density at radius 3 is 3.09 bits per heavy atom. The van der Waals surface area contributed by atoms with Crippen LogP contribution >= 0.6 is 11.6 Å². The lowest BCUT2D eigenvalue weighted by Gasteiger charge is -2.33. The second-order valence-corrected chi connectivity index (χ2v) is 6.79. The van der Waals surface area contributed by atoms with Gasteiger partial charge in [0, 0.05) is 17.6 Å². The zero-order valence-corrected chi connectivity index (χ0v) is 14.1. The minimum atomic E-state index is -0.378. The van der Waals surface area contributed by atoms with Gasteiger partial charge in [0.1, 0.15) is 12.4 Å². The fourth-order valence-corrected chi connectivity index (χ4v) is 3.63. The third-order valence-corrected chi connectivity index (χ3v) is 4.75. The van der Waals surface area contributed by atoms with Crippen LogP contribution in [0.5, 0.6) is 5.75 Å². The molecule has 2 atom stereocenters. The highest BCUT2D eigenvalue weighted by Crippen LogP contribution is 2.34. The molecular weight excluding hydrogens is 316 g/mol. The van der Waals surface area contributed by atoms with Crippen molar-refractivity contribution in [1.82, 2.24) is 4.90 Å². The molecule has 0 saturated carbocycles. The number of rotatable bonds is 4. The number of ether oxygens (including phenoxy) is 1. The number of halogens is 1. The Kier molecular flexibility index (Phi) is 4.97. The summed E-state index contributed by atoms with van der Waals surface area (Å²) in [7, 11) is 0. The minimum absolute atomic E-state index is 0.112. The van der Waals surface area contributed by atoms with Crippen molar-refractivity contribution in [3.8, 4) is 5.75 Å². The van der Waals surface area contributed by atoms with Gasteiger partial charge < -0.3 is 19.6 Å². The maximum atomic E-state index is 12.7. The van der Waals surface area contributed by atoms with Crippen LogP contribution in [0.3, 0.4) is 0 Å². The van der Waals surface area contributed by atoms with Gasteiger partial charge in [0.25, 0.3) is 0 Å². The number of benzene rings is 1. The minimum Gasteiger partial charge on any atom is -0.490 e. The molecule has 1 aromatic rings. The number of hydrogen-bond acceptors (Lipinski definition) is 4. The molecule has 1 aromatic carbocycles. The molecule has 0 bridgehead atoms. The molecule has 2 aliphatic heterocycles. The van der Waals surface area contributed by atoms with E-state index in [2.05, 4.69) is 0 Å². The van der Waals surface area contributed by atoms with Crippen LogP contribution in [0.2, 0.25) is 5.02 Å². The number of aliphatic hydroxyl groups is 1. The molecule has 1 N–H and O–H groups in total. The van der Waals surface area contributed by atoms with Gasteiger partial charge in [0.2, 0.25) is 5.91 Å². The summed E-state index contributed by atoms with van der Waals surface area (Å²) < 4.78 is 5.63. The molecule has 6 heteroatoms. The van der Waals surface area contributed by atoms with Gasteiger partial charge in [-0.2, -0.15) is 0 Å². The average Bonchev–Trinajstić information content (AvgIpc) is 2.95. The van der Waals surface area contributed by atoms with Crippen molar-refractivity contribution >= 4 is 23.2 Å². The second kappa shape index (κ2) is 6.97. The van der Waals surface area contributed by atoms with E-state index in [4.69, 9.17) is 16.3 Å². The number of carbonyl (C=O) groups excluding carboxylic acids is 1. The van der Waals surface area contributed by atoms with Crippen LogP contribution in [-0.4, -0.2) is 54.3 Å². The number of carbonyl (C=O) groups is 1. The number of aliphatic hydroxyl groups excluding tert-OH is 1. The van der Waals surface area contributed by atoms with E-state index in [1.165, 1.54) is 0 Å². The number of fused-ring (bicyclic) bond motifs is 1. The number of amides is 1. The molecule has 2 heterocycles. The average molecular weight is 339 g/mol. The highest BCUT2D eigenvalue weighted by Gasteiger charge is 2.31. The Labute approximate surface area is 141 Å². The summed E-state index contributed by atoms with van der Waals surface area (Å²) in [6, 6.07) is 5.65. The van der Waals surface area contributed by atoms with Gasteiger partial charge in [-0.15, -0.1) is 0 Å². The monoisotopic (exact) mass is 338 g/mol. The van der Waals surface area contributed by atoms with Crippen LogP contribution in [-0.2, 0) is 4.79 Å². The van der Waals surface area contributed by atoms with Gasteiger partial charge in [0.15, 0.2) is 0 Å². The summed E-state index contributed by atoms with van der Waals surface area (Å²) in [4.78, 5) is 16.7. The van der Waals surface area contributed by atoms with Crippen LogP contribution in [0.15, 0.2) is 18.2 Å². The first kappa shape index (κ1) is 16.4. The van der Waals surface area contributed by atoms with E-state index in [9.17, 15) is 9.90 Å². The molecule has 1 fully saturated rings. The predicted molar refractivity (Wildman–Crippen MR) is 90.2 cm³/mol. The predicted octanol–water partition coefficient (Wildman–Crippen LogP) is 2.30. The summed E-state index contributed by atoms with van der Waals surface area (Å²) in [5.74, 6) is 0.886. The first-order valence-electron chi connectivity index (χ1n) is 8.19. The van der Waals surface area contributed by atoms with Crippen molar-refractivity contribution in [3.63, 3.8) is 0 Å². The summed E-state index contributed by atoms with van der Waals surface area (Å²) in [5, 5.41) is 10.3. The fraction of sp³-hybridized carbons (Fsp3) is 0.588. The van der Waals surface area contributed by atoms with Crippen molar-refractivity contribution in [2.75, 3.05) is 31.1 Å². The van der Waals surface area contributed by atoms with E-state index in [-0.39, 0.29) is 18.1 Å². The molecule has 1 saturated heterocycles. The van der Waals surface area contributed by atoms with E-state index < -0.39 is 0 Å². The number of hydrogen-bond donors (Lipinski definition) is 1. The van der Waals surface area contributed by atoms with Gasteiger partial charge in [-0.3, -0.25) is 4.79 Å². The standard InChI is InChI=1S/C17H23ClN2O3/c1-12(21)9-14-3-2-6-20(14)17(22)11-19-7-8-23-16-5-4-13(18)10-15(16)19/h4-5,10,12,14,21H,2-3,6-9,11H2,1H3/t12-,14+/m0/s1. The SMILES string of the molecule is C[C@H](O)C[C@H]1CCCN1C(=O)CN1CCOc2ccc(Cl)cc21. The molecule has 0 spiro atoms. The van der Waals surface area contributed by atoms with Crippen molar-refractivity contribution in [3.05, 3.63) is 23.2 Å². The maximum Gasteiger partial charge on any atom is 0.242 e. The van der Waals surface area contributed by atoms with Crippen LogP contribution in [0.25, 0.3) is 0 Å². The maximum absolute atomic E-state index is 12.7. The zero-order chi connectivity index (χ0) is 16.4. The van der Waals surface area contributed by atoms with Crippen molar-refractivity contribution < 1.29 is 14.6 Å². The topological polar surface area (TPSA) is 53.0 Å². The summed E-state index contributed by atoms with van der Waals surface area (Å²) >= 11 is 6.08. The summed E-state index contributed by atoms with van der Waals surface area (Å²) in [6.07, 6.45) is 2.25. The molecule has 126 valence electrons. The third-order valence-electron chi connectivity index (χ3n) is 4.52. The molecule has 2 aliphatic rings. The number of likely N-dealkylation sites (tertiary alicyclic amines) is 1. The molecule has 23 heavy (non-hydrogen) atoms. The van der Waals surface area contributed by atoms with Crippen molar-refractivity contribution in [1.29, 1.82) is 0 Å². The normalized spacial score (nSPS) is 21.8. The lowest BCUT2D eigenvalue weighted by Crippen LogP contribution is -2.45. The Morgan fingerprint density at radius 1 is 1.48 bits per heavy atom. The van der Waals surface area contributed by atoms with E-state index in [1.54, 1.807) is 13.0 Å². The van der Waals surface area contributed by atoms with Crippen molar-refractivity contribution in [2.24, 2.45) is 0 Å². The van der Waals surface area contributed by atoms with Gasteiger partial charge in [0.05, 0.1) is 24.9 Å². The Hall–Kier alpha value is -1.46. The quantitative estimate of drug-likeness (QED) is 0.915. The van der Waals surface area contributed by atoms with Crippen LogP contribution in [0.4, 0.5) is 5.69 Å². The molecule has 3 rings (SSSR count). The lowest BCUT2D eigenvalue weighted by molar-refractivity contribution is -0.131. The molecule has 0 radical (unpaired) electrons. The largest absolute Gasteiger partial charge is 0.490 e. The Balaban J connectivity index is 1.70. The Morgan fingerprint density at radius 2 is 2.30 bits per heavy atom. The van der Waals surface area contributed by atoms with E-state index in [0.29, 0.717) is 31.1 Å². The van der Waals surface area contributed by atoms with Crippen LogP contribution in [0.1, 0.15) is 26.2 Å². The van der Waals surface area contributed by atoms with Crippen LogP contribution in [0, 0.1) is 0 Å². The first-order valence-corrected chi connectivity index (χ1v) is 8.57. The molecule has 0 aromatic heterocycles. The lowest BCUT2D eigenvalue weighted by atomic mass is 10.1. The highest BCUT2D eigenvalue weighted by molar-refractivity contribution is 6.31. The first-order chi connectivity index (χ1) is 11.0.